The first kappa shape index (κ1) is 12.7. The van der Waals surface area contributed by atoms with E-state index in [2.05, 4.69) is 26.2 Å². The molecule has 0 unspecified atom stereocenters. The highest BCUT2D eigenvalue weighted by Crippen LogP contribution is 2.17. The quantitative estimate of drug-likeness (QED) is 0.908. The Bertz CT molecular complexity index is 372. The molecule has 1 N–H and O–H groups in total. The van der Waals surface area contributed by atoms with Gasteiger partial charge in [-0.1, -0.05) is 12.8 Å². The van der Waals surface area contributed by atoms with Crippen molar-refractivity contribution in [2.75, 3.05) is 6.54 Å². The van der Waals surface area contributed by atoms with Crippen molar-refractivity contribution in [1.82, 2.24) is 10.3 Å². The van der Waals surface area contributed by atoms with Crippen LogP contribution in [-0.4, -0.2) is 23.4 Å². The van der Waals surface area contributed by atoms with Crippen LogP contribution in [0.15, 0.2) is 22.8 Å². The van der Waals surface area contributed by atoms with Crippen LogP contribution in [0, 0.1) is 0 Å². The Kier molecular flexibility index (Phi) is 4.68. The molecule has 1 aromatic heterocycles. The molecule has 0 saturated heterocycles. The molecule has 17 heavy (non-hydrogen) atoms. The van der Waals surface area contributed by atoms with E-state index in [1.165, 1.54) is 25.7 Å². The van der Waals surface area contributed by atoms with E-state index in [4.69, 9.17) is 0 Å². The van der Waals surface area contributed by atoms with Crippen molar-refractivity contribution < 1.29 is 4.79 Å². The summed E-state index contributed by atoms with van der Waals surface area (Å²) in [7, 11) is 0. The molecule has 92 valence electrons. The number of ketones is 1. The molecular formula is C13H17BrN2O. The smallest absolute Gasteiger partial charge is 0.152 e. The van der Waals surface area contributed by atoms with Crippen LogP contribution in [0.5, 0.6) is 0 Å². The molecule has 3 nitrogen and oxygen atoms in total. The van der Waals surface area contributed by atoms with Crippen molar-refractivity contribution in [3.05, 3.63) is 28.5 Å². The van der Waals surface area contributed by atoms with Gasteiger partial charge in [0.25, 0.3) is 0 Å². The predicted molar refractivity (Wildman–Crippen MR) is 70.9 cm³/mol. The van der Waals surface area contributed by atoms with Gasteiger partial charge in [-0.3, -0.25) is 9.78 Å². The van der Waals surface area contributed by atoms with Crippen LogP contribution in [0.4, 0.5) is 0 Å². The minimum Gasteiger partial charge on any atom is -0.307 e. The first-order chi connectivity index (χ1) is 8.24. The normalized spacial score (nSPS) is 16.3. The fraction of sp³-hybridized carbons (Fsp3) is 0.538. The van der Waals surface area contributed by atoms with E-state index >= 15 is 0 Å². The topological polar surface area (TPSA) is 42.0 Å². The first-order valence-electron chi connectivity index (χ1n) is 6.09. The summed E-state index contributed by atoms with van der Waals surface area (Å²) in [5.41, 5.74) is 0.839. The Morgan fingerprint density at radius 1 is 1.41 bits per heavy atom. The number of rotatable bonds is 5. The minimum atomic E-state index is 0.215. The van der Waals surface area contributed by atoms with Gasteiger partial charge in [-0.15, -0.1) is 0 Å². The van der Waals surface area contributed by atoms with Crippen LogP contribution < -0.4 is 5.32 Å². The van der Waals surface area contributed by atoms with Crippen LogP contribution in [-0.2, 0) is 11.2 Å². The monoisotopic (exact) mass is 296 g/mol. The third-order valence-electron chi connectivity index (χ3n) is 3.11. The van der Waals surface area contributed by atoms with Crippen molar-refractivity contribution >= 4 is 21.7 Å². The van der Waals surface area contributed by atoms with Gasteiger partial charge in [-0.2, -0.15) is 0 Å². The van der Waals surface area contributed by atoms with Crippen molar-refractivity contribution in [2.45, 2.75) is 38.1 Å². The number of halogens is 1. The van der Waals surface area contributed by atoms with Gasteiger partial charge in [-0.05, 0) is 40.9 Å². The summed E-state index contributed by atoms with van der Waals surface area (Å²) in [4.78, 5) is 15.9. The van der Waals surface area contributed by atoms with Gasteiger partial charge in [-0.25, -0.2) is 0 Å². The summed E-state index contributed by atoms with van der Waals surface area (Å²) in [6.07, 6.45) is 7.16. The van der Waals surface area contributed by atoms with E-state index in [-0.39, 0.29) is 5.78 Å². The third kappa shape index (κ3) is 4.21. The number of carbonyl (C=O) groups excluding carboxylic acids is 1. The zero-order valence-electron chi connectivity index (χ0n) is 9.79. The highest BCUT2D eigenvalue weighted by Gasteiger charge is 2.15. The van der Waals surface area contributed by atoms with E-state index in [1.807, 2.05) is 12.1 Å². The number of Topliss-reactive ketones (excluding diaryl/α,β-unsaturated/α-hetero) is 1. The maximum Gasteiger partial charge on any atom is 0.152 e. The average molecular weight is 297 g/mol. The summed E-state index contributed by atoms with van der Waals surface area (Å²) in [5, 5.41) is 3.33. The van der Waals surface area contributed by atoms with Crippen molar-refractivity contribution in [1.29, 1.82) is 0 Å². The number of aromatic nitrogens is 1. The van der Waals surface area contributed by atoms with Crippen LogP contribution in [0.1, 0.15) is 31.4 Å². The number of nitrogens with one attached hydrogen (secondary N) is 1. The van der Waals surface area contributed by atoms with Gasteiger partial charge in [0.2, 0.25) is 0 Å². The standard InChI is InChI=1S/C13H17BrN2O/c14-10-5-6-12(15-8-10)7-13(17)9-16-11-3-1-2-4-11/h5-6,8,11,16H,1-4,7,9H2. The molecule has 1 heterocycles. The lowest BCUT2D eigenvalue weighted by Gasteiger charge is -2.10. The largest absolute Gasteiger partial charge is 0.307 e. The zero-order chi connectivity index (χ0) is 12.1. The molecule has 2 rings (SSSR count). The van der Waals surface area contributed by atoms with Crippen LogP contribution >= 0.6 is 15.9 Å². The minimum absolute atomic E-state index is 0.215. The molecule has 0 atom stereocenters. The molecule has 1 fully saturated rings. The molecule has 0 spiro atoms. The molecule has 1 aliphatic carbocycles. The molecule has 1 aliphatic rings. The van der Waals surface area contributed by atoms with E-state index in [0.29, 0.717) is 19.0 Å². The summed E-state index contributed by atoms with van der Waals surface area (Å²) >= 11 is 3.33. The Morgan fingerprint density at radius 2 is 2.18 bits per heavy atom. The van der Waals surface area contributed by atoms with Crippen molar-refractivity contribution in [2.24, 2.45) is 0 Å². The predicted octanol–water partition coefficient (Wildman–Crippen LogP) is 2.49. The van der Waals surface area contributed by atoms with Gasteiger partial charge >= 0.3 is 0 Å². The first-order valence-corrected chi connectivity index (χ1v) is 6.89. The fourth-order valence-electron chi connectivity index (χ4n) is 2.16. The van der Waals surface area contributed by atoms with Crippen molar-refractivity contribution in [3.8, 4) is 0 Å². The lowest BCUT2D eigenvalue weighted by molar-refractivity contribution is -0.117. The molecule has 0 amide bonds. The Morgan fingerprint density at radius 3 is 2.82 bits per heavy atom. The Hall–Kier alpha value is -0.740. The molecule has 1 aromatic rings. The number of carbonyl (C=O) groups is 1. The van der Waals surface area contributed by atoms with Gasteiger partial charge in [0.1, 0.15) is 0 Å². The van der Waals surface area contributed by atoms with Gasteiger partial charge in [0, 0.05) is 22.4 Å². The average Bonchev–Trinajstić information content (AvgIpc) is 2.83. The molecule has 0 radical (unpaired) electrons. The van der Waals surface area contributed by atoms with Crippen LogP contribution in [0.25, 0.3) is 0 Å². The van der Waals surface area contributed by atoms with Crippen LogP contribution in [0.2, 0.25) is 0 Å². The van der Waals surface area contributed by atoms with E-state index in [1.54, 1.807) is 6.20 Å². The highest BCUT2D eigenvalue weighted by atomic mass is 79.9. The molecule has 4 heteroatoms. The summed E-state index contributed by atoms with van der Waals surface area (Å²) in [6, 6.07) is 4.36. The van der Waals surface area contributed by atoms with Crippen LogP contribution in [0.3, 0.4) is 0 Å². The van der Waals surface area contributed by atoms with Gasteiger partial charge in [0.05, 0.1) is 13.0 Å². The fourth-order valence-corrected chi connectivity index (χ4v) is 2.40. The second-order valence-electron chi connectivity index (χ2n) is 4.55. The maximum absolute atomic E-state index is 11.7. The summed E-state index contributed by atoms with van der Waals surface area (Å²) in [5.74, 6) is 0.215. The van der Waals surface area contributed by atoms with E-state index in [0.717, 1.165) is 10.2 Å². The molecule has 1 saturated carbocycles. The SMILES string of the molecule is O=C(CNC1CCCC1)Cc1ccc(Br)cn1. The number of pyridine rings is 1. The lowest BCUT2D eigenvalue weighted by Crippen LogP contribution is -2.32. The van der Waals surface area contributed by atoms with Gasteiger partial charge in [0.15, 0.2) is 5.78 Å². The highest BCUT2D eigenvalue weighted by molar-refractivity contribution is 9.10. The second kappa shape index (κ2) is 6.26. The number of hydrogen-bond donors (Lipinski definition) is 1. The summed E-state index contributed by atoms with van der Waals surface area (Å²) < 4.78 is 0.942. The maximum atomic E-state index is 11.7. The van der Waals surface area contributed by atoms with E-state index in [9.17, 15) is 4.79 Å². The molecule has 0 aliphatic heterocycles. The molecule has 0 bridgehead atoms. The Labute approximate surface area is 110 Å². The zero-order valence-corrected chi connectivity index (χ0v) is 11.4. The third-order valence-corrected chi connectivity index (χ3v) is 3.58. The lowest BCUT2D eigenvalue weighted by atomic mass is 10.2. The Balaban J connectivity index is 1.74. The van der Waals surface area contributed by atoms with E-state index < -0.39 is 0 Å². The van der Waals surface area contributed by atoms with Crippen molar-refractivity contribution in [3.63, 3.8) is 0 Å². The number of hydrogen-bond acceptors (Lipinski definition) is 3. The summed E-state index contributed by atoms with van der Waals surface area (Å²) in [6.45, 7) is 0.475. The van der Waals surface area contributed by atoms with Gasteiger partial charge < -0.3 is 5.32 Å². The number of nitrogens with zero attached hydrogens (tertiary/aromatic N) is 1. The second-order valence-corrected chi connectivity index (χ2v) is 5.46. The molecule has 0 aromatic carbocycles. The molecular weight excluding hydrogens is 280 g/mol.